The van der Waals surface area contributed by atoms with Gasteiger partial charge in [0.1, 0.15) is 6.04 Å². The molecule has 0 bridgehead atoms. The molecule has 6 heteroatoms. The van der Waals surface area contributed by atoms with Crippen molar-refractivity contribution in [2.24, 2.45) is 0 Å². The van der Waals surface area contributed by atoms with Crippen molar-refractivity contribution in [3.8, 4) is 11.5 Å². The quantitative estimate of drug-likeness (QED) is 0.886. The van der Waals surface area contributed by atoms with Crippen LogP contribution in [-0.2, 0) is 16.1 Å². The highest BCUT2D eigenvalue weighted by molar-refractivity contribution is 5.81. The van der Waals surface area contributed by atoms with E-state index in [9.17, 15) is 9.59 Å². The number of carboxylic acid groups (broad SMARTS) is 1. The summed E-state index contributed by atoms with van der Waals surface area (Å²) < 4.78 is 10.4. The van der Waals surface area contributed by atoms with Crippen LogP contribution in [0, 0.1) is 0 Å². The van der Waals surface area contributed by atoms with Gasteiger partial charge in [0.15, 0.2) is 11.5 Å². The molecule has 6 nitrogen and oxygen atoms in total. The zero-order valence-electron chi connectivity index (χ0n) is 10.8. The van der Waals surface area contributed by atoms with Gasteiger partial charge in [0, 0.05) is 13.5 Å². The Balaban J connectivity index is 2.17. The molecule has 0 saturated heterocycles. The highest BCUT2D eigenvalue weighted by atomic mass is 16.7. The molecule has 2 rings (SSSR count). The van der Waals surface area contributed by atoms with Crippen LogP contribution in [0.5, 0.6) is 11.5 Å². The van der Waals surface area contributed by atoms with Gasteiger partial charge in [-0.3, -0.25) is 4.79 Å². The molecule has 0 aromatic heterocycles. The van der Waals surface area contributed by atoms with Crippen molar-refractivity contribution in [3.05, 3.63) is 23.8 Å². The van der Waals surface area contributed by atoms with Gasteiger partial charge >= 0.3 is 5.97 Å². The number of hydrogen-bond acceptors (Lipinski definition) is 4. The fourth-order valence-corrected chi connectivity index (χ4v) is 1.89. The second-order valence-electron chi connectivity index (χ2n) is 4.35. The fraction of sp³-hybridized carbons (Fsp3) is 0.385. The van der Waals surface area contributed by atoms with E-state index in [1.165, 1.54) is 18.7 Å². The van der Waals surface area contributed by atoms with Crippen LogP contribution in [0.2, 0.25) is 0 Å². The van der Waals surface area contributed by atoms with Gasteiger partial charge in [0.2, 0.25) is 12.7 Å². The first-order valence-electron chi connectivity index (χ1n) is 5.87. The molecule has 102 valence electrons. The van der Waals surface area contributed by atoms with Crippen LogP contribution in [0.15, 0.2) is 18.2 Å². The molecule has 19 heavy (non-hydrogen) atoms. The molecule has 1 atom stereocenters. The number of hydrogen-bond donors (Lipinski definition) is 1. The standard InChI is InChI=1S/C13H15NO5/c1-8(13(16)17)14(9(2)15)6-10-3-4-11-12(5-10)19-7-18-11/h3-5,8H,6-7H2,1-2H3,(H,16,17). The van der Waals surface area contributed by atoms with Gasteiger partial charge in [-0.05, 0) is 24.6 Å². The van der Waals surface area contributed by atoms with Crippen molar-refractivity contribution < 1.29 is 24.2 Å². The predicted molar refractivity (Wildman–Crippen MR) is 65.9 cm³/mol. The van der Waals surface area contributed by atoms with Gasteiger partial charge < -0.3 is 19.5 Å². The van der Waals surface area contributed by atoms with Crippen molar-refractivity contribution in [2.75, 3.05) is 6.79 Å². The molecule has 1 N–H and O–H groups in total. The lowest BCUT2D eigenvalue weighted by molar-refractivity contribution is -0.149. The lowest BCUT2D eigenvalue weighted by Crippen LogP contribution is -2.41. The fourth-order valence-electron chi connectivity index (χ4n) is 1.89. The van der Waals surface area contributed by atoms with E-state index in [4.69, 9.17) is 14.6 Å². The molecule has 1 unspecified atom stereocenters. The first-order chi connectivity index (χ1) is 8.99. The molecule has 1 aromatic carbocycles. The van der Waals surface area contributed by atoms with Gasteiger partial charge in [-0.25, -0.2) is 4.79 Å². The Morgan fingerprint density at radius 1 is 1.37 bits per heavy atom. The zero-order chi connectivity index (χ0) is 14.0. The van der Waals surface area contributed by atoms with E-state index in [1.807, 2.05) is 0 Å². The number of rotatable bonds is 4. The van der Waals surface area contributed by atoms with Gasteiger partial charge in [-0.1, -0.05) is 6.07 Å². The number of amides is 1. The zero-order valence-corrected chi connectivity index (χ0v) is 10.8. The Bertz CT molecular complexity index is 514. The van der Waals surface area contributed by atoms with Crippen molar-refractivity contribution in [1.82, 2.24) is 4.90 Å². The first kappa shape index (κ1) is 13.2. The predicted octanol–water partition coefficient (Wildman–Crippen LogP) is 1.24. The summed E-state index contributed by atoms with van der Waals surface area (Å²) in [7, 11) is 0. The van der Waals surface area contributed by atoms with E-state index in [2.05, 4.69) is 0 Å². The van der Waals surface area contributed by atoms with E-state index in [0.717, 1.165) is 5.56 Å². The maximum atomic E-state index is 11.5. The number of carbonyl (C=O) groups is 2. The highest BCUT2D eigenvalue weighted by Crippen LogP contribution is 2.32. The van der Waals surface area contributed by atoms with Gasteiger partial charge in [0.05, 0.1) is 0 Å². The molecule has 1 amide bonds. The van der Waals surface area contributed by atoms with Crippen LogP contribution in [0.4, 0.5) is 0 Å². The molecule has 0 fully saturated rings. The van der Waals surface area contributed by atoms with E-state index in [-0.39, 0.29) is 19.2 Å². The molecule has 1 heterocycles. The molecular formula is C13H15NO5. The molecule has 0 saturated carbocycles. The molecule has 0 aliphatic carbocycles. The minimum absolute atomic E-state index is 0.181. The van der Waals surface area contributed by atoms with Crippen molar-refractivity contribution >= 4 is 11.9 Å². The van der Waals surface area contributed by atoms with Crippen LogP contribution in [0.3, 0.4) is 0 Å². The number of carboxylic acids is 1. The summed E-state index contributed by atoms with van der Waals surface area (Å²) in [5, 5.41) is 9.00. The van der Waals surface area contributed by atoms with E-state index < -0.39 is 12.0 Å². The Morgan fingerprint density at radius 2 is 2.05 bits per heavy atom. The molecular weight excluding hydrogens is 250 g/mol. The Morgan fingerprint density at radius 3 is 2.68 bits per heavy atom. The second-order valence-corrected chi connectivity index (χ2v) is 4.35. The summed E-state index contributed by atoms with van der Waals surface area (Å²) in [6, 6.07) is 4.43. The number of aliphatic carboxylic acids is 1. The molecule has 1 aromatic rings. The Hall–Kier alpha value is -2.24. The smallest absolute Gasteiger partial charge is 0.326 e. The van der Waals surface area contributed by atoms with Gasteiger partial charge in [-0.15, -0.1) is 0 Å². The Kier molecular flexibility index (Phi) is 3.59. The normalized spacial score (nSPS) is 14.0. The summed E-state index contributed by atoms with van der Waals surface area (Å²) in [6.45, 7) is 3.24. The maximum Gasteiger partial charge on any atom is 0.326 e. The summed E-state index contributed by atoms with van der Waals surface area (Å²) in [5.74, 6) is -0.0445. The SMILES string of the molecule is CC(=O)N(Cc1ccc2c(c1)OCO2)C(C)C(=O)O. The third-order valence-corrected chi connectivity index (χ3v) is 3.02. The van der Waals surface area contributed by atoms with Crippen molar-refractivity contribution in [3.63, 3.8) is 0 Å². The van der Waals surface area contributed by atoms with E-state index >= 15 is 0 Å². The van der Waals surface area contributed by atoms with Gasteiger partial charge in [0.25, 0.3) is 0 Å². The number of nitrogens with zero attached hydrogens (tertiary/aromatic N) is 1. The largest absolute Gasteiger partial charge is 0.480 e. The third-order valence-electron chi connectivity index (χ3n) is 3.02. The summed E-state index contributed by atoms with van der Waals surface area (Å²) in [6.07, 6.45) is 0. The minimum atomic E-state index is -1.03. The average molecular weight is 265 g/mol. The highest BCUT2D eigenvalue weighted by Gasteiger charge is 2.23. The number of ether oxygens (including phenoxy) is 2. The lowest BCUT2D eigenvalue weighted by atomic mass is 10.1. The monoisotopic (exact) mass is 265 g/mol. The molecule has 0 radical (unpaired) electrons. The summed E-state index contributed by atoms with van der Waals surface area (Å²) in [5.41, 5.74) is 0.799. The van der Waals surface area contributed by atoms with E-state index in [0.29, 0.717) is 11.5 Å². The number of benzene rings is 1. The van der Waals surface area contributed by atoms with Crippen molar-refractivity contribution in [1.29, 1.82) is 0 Å². The summed E-state index contributed by atoms with van der Waals surface area (Å²) >= 11 is 0. The number of carbonyl (C=O) groups excluding carboxylic acids is 1. The van der Waals surface area contributed by atoms with Crippen molar-refractivity contribution in [2.45, 2.75) is 26.4 Å². The first-order valence-corrected chi connectivity index (χ1v) is 5.87. The average Bonchev–Trinajstić information content (AvgIpc) is 2.81. The third kappa shape index (κ3) is 2.78. The molecule has 1 aliphatic heterocycles. The molecule has 0 spiro atoms. The maximum absolute atomic E-state index is 11.5. The lowest BCUT2D eigenvalue weighted by Gasteiger charge is -2.25. The Labute approximate surface area is 110 Å². The van der Waals surface area contributed by atoms with Gasteiger partial charge in [-0.2, -0.15) is 0 Å². The van der Waals surface area contributed by atoms with Crippen LogP contribution in [0.25, 0.3) is 0 Å². The van der Waals surface area contributed by atoms with Crippen LogP contribution in [-0.4, -0.2) is 34.7 Å². The second kappa shape index (κ2) is 5.17. The minimum Gasteiger partial charge on any atom is -0.480 e. The topological polar surface area (TPSA) is 76.1 Å². The van der Waals surface area contributed by atoms with Crippen LogP contribution in [0.1, 0.15) is 19.4 Å². The molecule has 1 aliphatic rings. The summed E-state index contributed by atoms with van der Waals surface area (Å²) in [4.78, 5) is 23.8. The van der Waals surface area contributed by atoms with Crippen LogP contribution >= 0.6 is 0 Å². The van der Waals surface area contributed by atoms with Crippen LogP contribution < -0.4 is 9.47 Å². The van der Waals surface area contributed by atoms with E-state index in [1.54, 1.807) is 18.2 Å². The number of fused-ring (bicyclic) bond motifs is 1.